The van der Waals surface area contributed by atoms with Crippen molar-refractivity contribution >= 4 is 40.2 Å². The Labute approximate surface area is 206 Å². The lowest BCUT2D eigenvalue weighted by Gasteiger charge is -2.20. The summed E-state index contributed by atoms with van der Waals surface area (Å²) in [6, 6.07) is 12.8. The molecule has 2 N–H and O–H groups in total. The molecule has 0 aliphatic carbocycles. The number of amides is 2. The zero-order valence-corrected chi connectivity index (χ0v) is 21.0. The van der Waals surface area contributed by atoms with E-state index in [9.17, 15) is 14.0 Å². The molecule has 0 aliphatic heterocycles. The van der Waals surface area contributed by atoms with Crippen molar-refractivity contribution in [3.05, 3.63) is 76.5 Å². The van der Waals surface area contributed by atoms with Crippen LogP contribution in [0.4, 0.5) is 20.6 Å². The van der Waals surface area contributed by atoms with E-state index in [1.54, 1.807) is 25.4 Å². The molecule has 0 aliphatic rings. The third-order valence-electron chi connectivity index (χ3n) is 5.62. The molecule has 0 spiro atoms. The first-order chi connectivity index (χ1) is 16.6. The van der Waals surface area contributed by atoms with Crippen molar-refractivity contribution in [1.29, 1.82) is 0 Å². The molecule has 0 fully saturated rings. The van der Waals surface area contributed by atoms with Gasteiger partial charge in [-0.25, -0.2) is 19.2 Å². The molecule has 7 nitrogen and oxygen atoms in total. The minimum absolute atomic E-state index is 0.0388. The van der Waals surface area contributed by atoms with Crippen molar-refractivity contribution < 1.29 is 9.18 Å². The van der Waals surface area contributed by atoms with Gasteiger partial charge in [0.25, 0.3) is 5.56 Å². The predicted molar refractivity (Wildman–Crippen MR) is 140 cm³/mol. The van der Waals surface area contributed by atoms with Gasteiger partial charge < -0.3 is 10.6 Å². The quantitative estimate of drug-likeness (QED) is 0.278. The summed E-state index contributed by atoms with van der Waals surface area (Å²) >= 11 is 1.38. The summed E-state index contributed by atoms with van der Waals surface area (Å²) in [7, 11) is 1.63. The first kappa shape index (κ1) is 24.4. The Kier molecular flexibility index (Phi) is 6.62. The maximum absolute atomic E-state index is 14.6. The summed E-state index contributed by atoms with van der Waals surface area (Å²) in [5.74, 6) is -0.613. The summed E-state index contributed by atoms with van der Waals surface area (Å²) in [6.07, 6.45) is 3.51. The highest BCUT2D eigenvalue weighted by Crippen LogP contribution is 2.27. The topological polar surface area (TPSA) is 88.9 Å². The molecule has 0 unspecified atom stereocenters. The molecule has 35 heavy (non-hydrogen) atoms. The Morgan fingerprint density at radius 1 is 1.09 bits per heavy atom. The van der Waals surface area contributed by atoms with E-state index in [-0.39, 0.29) is 16.7 Å². The number of hydrogen-bond donors (Lipinski definition) is 2. The lowest BCUT2D eigenvalue weighted by Crippen LogP contribution is -2.21. The van der Waals surface area contributed by atoms with Crippen LogP contribution in [0.5, 0.6) is 0 Å². The minimum Gasteiger partial charge on any atom is -0.308 e. The molecule has 0 radical (unpaired) electrons. The summed E-state index contributed by atoms with van der Waals surface area (Å²) < 4.78 is 16.0. The van der Waals surface area contributed by atoms with E-state index in [0.717, 1.165) is 5.56 Å². The number of halogens is 1. The fourth-order valence-electron chi connectivity index (χ4n) is 3.67. The van der Waals surface area contributed by atoms with Gasteiger partial charge in [-0.2, -0.15) is 0 Å². The summed E-state index contributed by atoms with van der Waals surface area (Å²) in [5, 5.41) is 6.53. The molecule has 0 atom stereocenters. The first-order valence-corrected chi connectivity index (χ1v) is 12.2. The molecule has 9 heteroatoms. The van der Waals surface area contributed by atoms with Gasteiger partial charge in [0.15, 0.2) is 5.16 Å². The Morgan fingerprint density at radius 2 is 1.86 bits per heavy atom. The Balaban J connectivity index is 1.63. The molecule has 180 valence electrons. The van der Waals surface area contributed by atoms with Gasteiger partial charge in [0, 0.05) is 29.9 Å². The number of rotatable bonds is 4. The molecule has 0 saturated heterocycles. The highest BCUT2D eigenvalue weighted by molar-refractivity contribution is 7.98. The van der Waals surface area contributed by atoms with Crippen LogP contribution in [0.25, 0.3) is 22.2 Å². The van der Waals surface area contributed by atoms with Crippen LogP contribution in [-0.2, 0) is 12.5 Å². The van der Waals surface area contributed by atoms with Crippen LogP contribution in [0.2, 0.25) is 0 Å². The van der Waals surface area contributed by atoms with Crippen molar-refractivity contribution in [2.75, 3.05) is 16.9 Å². The number of nitrogens with zero attached hydrogens (tertiary/aromatic N) is 3. The average molecular weight is 492 g/mol. The Bertz CT molecular complexity index is 1490. The predicted octanol–water partition coefficient (Wildman–Crippen LogP) is 5.80. The van der Waals surface area contributed by atoms with E-state index in [4.69, 9.17) is 0 Å². The molecule has 4 aromatic rings. The number of anilines is 2. The lowest BCUT2D eigenvalue weighted by molar-refractivity contribution is 0.262. The molecular weight excluding hydrogens is 465 g/mol. The fraction of sp³-hybridized carbons (Fsp3) is 0.231. The van der Waals surface area contributed by atoms with Crippen molar-refractivity contribution in [3.63, 3.8) is 0 Å². The molecule has 2 heterocycles. The lowest BCUT2D eigenvalue weighted by atomic mass is 9.87. The SMILES string of the molecule is CSc1ncc2cc(-c3ccc(F)c(NC(=O)Nc4cccc(C(C)(C)C)c4)c3)c(=O)n(C)c2n1. The van der Waals surface area contributed by atoms with Crippen LogP contribution in [0.3, 0.4) is 0 Å². The van der Waals surface area contributed by atoms with Crippen molar-refractivity contribution in [3.8, 4) is 11.1 Å². The zero-order chi connectivity index (χ0) is 25.3. The Morgan fingerprint density at radius 3 is 2.57 bits per heavy atom. The van der Waals surface area contributed by atoms with Crippen LogP contribution in [0.15, 0.2) is 64.7 Å². The third-order valence-corrected chi connectivity index (χ3v) is 6.18. The summed E-state index contributed by atoms with van der Waals surface area (Å²) in [5.41, 5.74) is 2.57. The van der Waals surface area contributed by atoms with Gasteiger partial charge >= 0.3 is 6.03 Å². The van der Waals surface area contributed by atoms with Crippen molar-refractivity contribution in [1.82, 2.24) is 14.5 Å². The maximum Gasteiger partial charge on any atom is 0.323 e. The number of fused-ring (bicyclic) bond motifs is 1. The number of carbonyl (C=O) groups is 1. The molecule has 2 aromatic carbocycles. The third kappa shape index (κ3) is 5.19. The largest absolute Gasteiger partial charge is 0.323 e. The smallest absolute Gasteiger partial charge is 0.308 e. The van der Waals surface area contributed by atoms with E-state index in [0.29, 0.717) is 33.0 Å². The average Bonchev–Trinajstić information content (AvgIpc) is 2.82. The van der Waals surface area contributed by atoms with E-state index in [1.807, 2.05) is 24.5 Å². The zero-order valence-electron chi connectivity index (χ0n) is 20.1. The van der Waals surface area contributed by atoms with Crippen LogP contribution >= 0.6 is 11.8 Å². The number of thioether (sulfide) groups is 1. The normalized spacial score (nSPS) is 11.5. The van der Waals surface area contributed by atoms with Gasteiger partial charge in [0.1, 0.15) is 11.5 Å². The first-order valence-electron chi connectivity index (χ1n) is 11.0. The van der Waals surface area contributed by atoms with E-state index in [1.165, 1.54) is 34.5 Å². The van der Waals surface area contributed by atoms with E-state index in [2.05, 4.69) is 41.4 Å². The van der Waals surface area contributed by atoms with E-state index >= 15 is 0 Å². The minimum atomic E-state index is -0.613. The molecule has 0 bridgehead atoms. The molecule has 4 rings (SSSR count). The number of urea groups is 1. The van der Waals surface area contributed by atoms with Gasteiger partial charge in [-0.05, 0) is 53.1 Å². The number of hydrogen-bond acceptors (Lipinski definition) is 5. The molecule has 2 amide bonds. The summed E-state index contributed by atoms with van der Waals surface area (Å²) in [6.45, 7) is 6.24. The second kappa shape index (κ2) is 9.50. The summed E-state index contributed by atoms with van der Waals surface area (Å²) in [4.78, 5) is 34.4. The number of carbonyl (C=O) groups excluding carboxylic acids is 1. The van der Waals surface area contributed by atoms with Crippen molar-refractivity contribution in [2.45, 2.75) is 31.3 Å². The van der Waals surface area contributed by atoms with E-state index < -0.39 is 11.8 Å². The maximum atomic E-state index is 14.6. The molecule has 0 saturated carbocycles. The fourth-order valence-corrected chi connectivity index (χ4v) is 4.01. The number of aromatic nitrogens is 3. The van der Waals surface area contributed by atoms with Crippen LogP contribution in [0, 0.1) is 5.82 Å². The second-order valence-corrected chi connectivity index (χ2v) is 9.94. The Hall–Kier alpha value is -3.72. The van der Waals surface area contributed by atoms with Gasteiger partial charge in [-0.3, -0.25) is 9.36 Å². The van der Waals surface area contributed by atoms with Gasteiger partial charge in [0.2, 0.25) is 0 Å². The highest BCUT2D eigenvalue weighted by atomic mass is 32.2. The number of aryl methyl sites for hydroxylation is 1. The van der Waals surface area contributed by atoms with Gasteiger partial charge in [-0.1, -0.05) is 50.7 Å². The van der Waals surface area contributed by atoms with Gasteiger partial charge in [0.05, 0.1) is 5.69 Å². The number of pyridine rings is 1. The molecule has 2 aromatic heterocycles. The highest BCUT2D eigenvalue weighted by Gasteiger charge is 2.16. The number of nitrogens with one attached hydrogen (secondary N) is 2. The standard InChI is InChI=1S/C26H26FN5O2S/c1-26(2,3)17-7-6-8-18(13-17)29-24(34)30-21-12-15(9-10-20(21)27)19-11-16-14-28-25(35-5)31-22(16)32(4)23(19)33/h6-14H,1-5H3,(H2,29,30,34). The monoisotopic (exact) mass is 491 g/mol. The second-order valence-electron chi connectivity index (χ2n) is 9.16. The van der Waals surface area contributed by atoms with Crippen LogP contribution in [-0.4, -0.2) is 26.8 Å². The van der Waals surface area contributed by atoms with Crippen LogP contribution in [0.1, 0.15) is 26.3 Å². The molecular formula is C26H26FN5O2S. The van der Waals surface area contributed by atoms with Gasteiger partial charge in [-0.15, -0.1) is 0 Å². The van der Waals surface area contributed by atoms with Crippen molar-refractivity contribution in [2.24, 2.45) is 7.05 Å². The number of benzene rings is 2. The van der Waals surface area contributed by atoms with Crippen LogP contribution < -0.4 is 16.2 Å².